The third-order valence-corrected chi connectivity index (χ3v) is 3.78. The molecule has 0 bridgehead atoms. The van der Waals surface area contributed by atoms with Crippen LogP contribution in [0.2, 0.25) is 0 Å². The molecule has 1 aromatic rings. The van der Waals surface area contributed by atoms with Gasteiger partial charge < -0.3 is 4.89 Å². The first-order valence-corrected chi connectivity index (χ1v) is 6.84. The van der Waals surface area contributed by atoms with Gasteiger partial charge in [-0.3, -0.25) is 0 Å². The van der Waals surface area contributed by atoms with Gasteiger partial charge in [-0.05, 0) is 42.9 Å². The van der Waals surface area contributed by atoms with Crippen LogP contribution in [0, 0.1) is 5.92 Å². The third kappa shape index (κ3) is 3.74. The molecule has 0 aliphatic rings. The van der Waals surface area contributed by atoms with Crippen molar-refractivity contribution in [3.63, 3.8) is 0 Å². The van der Waals surface area contributed by atoms with E-state index in [1.165, 1.54) is 5.56 Å². The molecule has 1 aromatic carbocycles. The zero-order valence-electron chi connectivity index (χ0n) is 12.5. The van der Waals surface area contributed by atoms with Gasteiger partial charge in [0.1, 0.15) is 5.60 Å². The second-order valence-electron chi connectivity index (χ2n) is 5.71. The summed E-state index contributed by atoms with van der Waals surface area (Å²) in [5.41, 5.74) is 1.02. The van der Waals surface area contributed by atoms with Crippen LogP contribution >= 0.6 is 0 Å². The van der Waals surface area contributed by atoms with Gasteiger partial charge in [-0.25, -0.2) is 0 Å². The maximum atomic E-state index is 5.66. The summed E-state index contributed by atoms with van der Waals surface area (Å²) < 4.78 is 0. The topological polar surface area (TPSA) is 18.5 Å². The average Bonchev–Trinajstić information content (AvgIpc) is 2.36. The third-order valence-electron chi connectivity index (χ3n) is 3.78. The molecule has 1 unspecified atom stereocenters. The second kappa shape index (κ2) is 6.24. The summed E-state index contributed by atoms with van der Waals surface area (Å²) in [6.45, 7) is 12.8. The van der Waals surface area contributed by atoms with Gasteiger partial charge in [0, 0.05) is 0 Å². The fourth-order valence-electron chi connectivity index (χ4n) is 1.63. The Bertz CT molecular complexity index is 371. The van der Waals surface area contributed by atoms with Crippen molar-refractivity contribution in [3.05, 3.63) is 29.8 Å². The van der Waals surface area contributed by atoms with Gasteiger partial charge in [-0.15, -0.1) is 0 Å². The van der Waals surface area contributed by atoms with Crippen molar-refractivity contribution < 1.29 is 9.78 Å². The summed E-state index contributed by atoms with van der Waals surface area (Å²) in [7, 11) is 0. The van der Waals surface area contributed by atoms with Crippen molar-refractivity contribution in [2.45, 2.75) is 59.5 Å². The largest absolute Gasteiger partial charge is 0.337 e. The highest BCUT2D eigenvalue weighted by Crippen LogP contribution is 2.27. The van der Waals surface area contributed by atoms with Gasteiger partial charge in [0.2, 0.25) is 0 Å². The summed E-state index contributed by atoms with van der Waals surface area (Å²) in [5.74, 6) is 1.69. The Balaban J connectivity index is 2.71. The van der Waals surface area contributed by atoms with E-state index in [0.29, 0.717) is 11.8 Å². The minimum Gasteiger partial charge on any atom is -0.337 e. The van der Waals surface area contributed by atoms with Crippen molar-refractivity contribution in [2.24, 2.45) is 5.92 Å². The van der Waals surface area contributed by atoms with Crippen LogP contribution in [0.5, 0.6) is 5.75 Å². The zero-order valence-corrected chi connectivity index (χ0v) is 12.5. The van der Waals surface area contributed by atoms with E-state index in [1.807, 2.05) is 18.2 Å². The summed E-state index contributed by atoms with van der Waals surface area (Å²) in [5, 5.41) is 0. The highest BCUT2D eigenvalue weighted by atomic mass is 17.2. The van der Waals surface area contributed by atoms with E-state index in [9.17, 15) is 0 Å². The highest BCUT2D eigenvalue weighted by molar-refractivity contribution is 5.29. The van der Waals surface area contributed by atoms with E-state index in [0.717, 1.165) is 12.2 Å². The van der Waals surface area contributed by atoms with Crippen LogP contribution in [-0.2, 0) is 4.89 Å². The molecule has 2 heteroatoms. The van der Waals surface area contributed by atoms with E-state index < -0.39 is 0 Å². The Hall–Kier alpha value is -1.02. The van der Waals surface area contributed by atoms with E-state index in [4.69, 9.17) is 9.78 Å². The predicted molar refractivity (Wildman–Crippen MR) is 75.8 cm³/mol. The van der Waals surface area contributed by atoms with E-state index >= 15 is 0 Å². The van der Waals surface area contributed by atoms with Gasteiger partial charge in [-0.2, -0.15) is 4.89 Å². The quantitative estimate of drug-likeness (QED) is 0.525. The van der Waals surface area contributed by atoms with E-state index in [-0.39, 0.29) is 5.60 Å². The molecular formula is C16H26O2. The first-order valence-electron chi connectivity index (χ1n) is 6.84. The first kappa shape index (κ1) is 15.0. The van der Waals surface area contributed by atoms with Gasteiger partial charge in [0.25, 0.3) is 0 Å². The Morgan fingerprint density at radius 3 is 2.33 bits per heavy atom. The fourth-order valence-corrected chi connectivity index (χ4v) is 1.63. The fraction of sp³-hybridized carbons (Fsp3) is 0.625. The molecule has 0 heterocycles. The number of hydrogen-bond donors (Lipinski definition) is 0. The Kier molecular flexibility index (Phi) is 5.21. The lowest BCUT2D eigenvalue weighted by molar-refractivity contribution is -0.300. The Morgan fingerprint density at radius 1 is 1.17 bits per heavy atom. The lowest BCUT2D eigenvalue weighted by Gasteiger charge is -2.30. The SMILES string of the molecule is CCC(C)(OOc1cccc(C(C)C)c1)C(C)C. The number of rotatable bonds is 6. The van der Waals surface area contributed by atoms with Gasteiger partial charge in [0.15, 0.2) is 5.75 Å². The molecule has 1 atom stereocenters. The number of hydrogen-bond acceptors (Lipinski definition) is 2. The molecule has 0 aromatic heterocycles. The molecule has 0 N–H and O–H groups in total. The minimum atomic E-state index is -0.242. The first-order chi connectivity index (χ1) is 8.39. The zero-order chi connectivity index (χ0) is 13.8. The summed E-state index contributed by atoms with van der Waals surface area (Å²) >= 11 is 0. The van der Waals surface area contributed by atoms with Crippen molar-refractivity contribution in [2.75, 3.05) is 0 Å². The molecule has 18 heavy (non-hydrogen) atoms. The molecule has 0 amide bonds. The maximum absolute atomic E-state index is 5.66. The molecule has 2 nitrogen and oxygen atoms in total. The molecule has 1 rings (SSSR count). The molecule has 0 saturated carbocycles. The molecule has 0 spiro atoms. The molecule has 0 aliphatic heterocycles. The van der Waals surface area contributed by atoms with Crippen LogP contribution in [0.1, 0.15) is 59.4 Å². The summed E-state index contributed by atoms with van der Waals surface area (Å²) in [4.78, 5) is 11.2. The highest BCUT2D eigenvalue weighted by Gasteiger charge is 2.29. The van der Waals surface area contributed by atoms with Gasteiger partial charge in [-0.1, -0.05) is 46.8 Å². The molecule has 0 saturated heterocycles. The number of benzene rings is 1. The predicted octanol–water partition coefficient (Wildman–Crippen LogP) is 4.95. The Labute approximate surface area is 111 Å². The molecule has 0 fully saturated rings. The van der Waals surface area contributed by atoms with E-state index in [2.05, 4.69) is 47.6 Å². The van der Waals surface area contributed by atoms with Crippen LogP contribution in [0.3, 0.4) is 0 Å². The van der Waals surface area contributed by atoms with Crippen LogP contribution in [0.25, 0.3) is 0 Å². The molecule has 0 radical (unpaired) electrons. The van der Waals surface area contributed by atoms with Crippen LogP contribution in [0.15, 0.2) is 24.3 Å². The van der Waals surface area contributed by atoms with Crippen molar-refractivity contribution in [3.8, 4) is 5.75 Å². The molecule has 0 aliphatic carbocycles. The monoisotopic (exact) mass is 250 g/mol. The minimum absolute atomic E-state index is 0.242. The maximum Gasteiger partial charge on any atom is 0.165 e. The van der Waals surface area contributed by atoms with Crippen LogP contribution < -0.4 is 4.89 Å². The van der Waals surface area contributed by atoms with Crippen LogP contribution in [-0.4, -0.2) is 5.60 Å². The second-order valence-corrected chi connectivity index (χ2v) is 5.71. The summed E-state index contributed by atoms with van der Waals surface area (Å²) in [6.07, 6.45) is 0.925. The van der Waals surface area contributed by atoms with Crippen molar-refractivity contribution in [1.82, 2.24) is 0 Å². The molecule has 102 valence electrons. The normalized spacial score (nSPS) is 14.9. The van der Waals surface area contributed by atoms with Crippen molar-refractivity contribution in [1.29, 1.82) is 0 Å². The summed E-state index contributed by atoms with van der Waals surface area (Å²) in [6, 6.07) is 8.09. The average molecular weight is 250 g/mol. The van der Waals surface area contributed by atoms with Crippen molar-refractivity contribution >= 4 is 0 Å². The molecular weight excluding hydrogens is 224 g/mol. The smallest absolute Gasteiger partial charge is 0.165 e. The van der Waals surface area contributed by atoms with Gasteiger partial charge in [0.05, 0.1) is 0 Å². The van der Waals surface area contributed by atoms with E-state index in [1.54, 1.807) is 0 Å². The van der Waals surface area contributed by atoms with Crippen LogP contribution in [0.4, 0.5) is 0 Å². The lowest BCUT2D eigenvalue weighted by Crippen LogP contribution is -2.35. The Morgan fingerprint density at radius 2 is 1.83 bits per heavy atom. The standard InChI is InChI=1S/C16H26O2/c1-7-16(6,13(4)5)18-17-15-10-8-9-14(11-15)12(2)3/h8-13H,7H2,1-6H3. The lowest BCUT2D eigenvalue weighted by atomic mass is 9.90. The van der Waals surface area contributed by atoms with Gasteiger partial charge >= 0.3 is 0 Å².